The predicted octanol–water partition coefficient (Wildman–Crippen LogP) is 4.48. The largest absolute Gasteiger partial charge is 0.457 e. The molecule has 0 saturated heterocycles. The molecule has 2 aromatic heterocycles. The molecule has 0 saturated carbocycles. The minimum atomic E-state index is -0.251. The number of nitrogens with zero attached hydrogens (tertiary/aromatic N) is 3. The van der Waals surface area contributed by atoms with E-state index in [1.165, 1.54) is 5.56 Å². The minimum absolute atomic E-state index is 0.251. The second-order valence-corrected chi connectivity index (χ2v) is 7.53. The molecule has 4 rings (SSSR count). The summed E-state index contributed by atoms with van der Waals surface area (Å²) in [7, 11) is 3.61. The summed E-state index contributed by atoms with van der Waals surface area (Å²) in [6, 6.07) is 19.5. The van der Waals surface area contributed by atoms with Crippen LogP contribution in [0.4, 0.5) is 5.13 Å². The van der Waals surface area contributed by atoms with Crippen LogP contribution in [0.2, 0.25) is 0 Å². The van der Waals surface area contributed by atoms with Gasteiger partial charge >= 0.3 is 0 Å². The number of rotatable bonds is 6. The topological polar surface area (TPSA) is 67.3 Å². The molecule has 146 valence electrons. The third-order valence-electron chi connectivity index (χ3n) is 4.36. The third kappa shape index (κ3) is 4.35. The number of pyridine rings is 1. The van der Waals surface area contributed by atoms with Crippen molar-refractivity contribution in [3.63, 3.8) is 0 Å². The predicted molar refractivity (Wildman–Crippen MR) is 116 cm³/mol. The number of anilines is 1. The Balaban J connectivity index is 1.53. The maximum Gasteiger partial charge on any atom is 0.269 e. The van der Waals surface area contributed by atoms with Crippen LogP contribution in [-0.2, 0) is 6.54 Å². The standard InChI is InChI=1S/C22H20N4O2S/c1-23-21(27)19-12-17(10-11-24-19)28-16-8-9-18-20(13-16)29-22(25-18)26(2)14-15-6-4-3-5-7-15/h3-13H,14H2,1-2H3,(H,23,27). The molecule has 0 radical (unpaired) electrons. The summed E-state index contributed by atoms with van der Waals surface area (Å²) in [5, 5.41) is 3.51. The molecule has 0 aliphatic carbocycles. The van der Waals surface area contributed by atoms with Gasteiger partial charge in [-0.2, -0.15) is 0 Å². The zero-order chi connectivity index (χ0) is 20.2. The zero-order valence-electron chi connectivity index (χ0n) is 16.1. The summed E-state index contributed by atoms with van der Waals surface area (Å²) in [4.78, 5) is 22.7. The van der Waals surface area contributed by atoms with E-state index in [9.17, 15) is 4.79 Å². The van der Waals surface area contributed by atoms with Crippen LogP contribution in [0, 0.1) is 0 Å². The third-order valence-corrected chi connectivity index (χ3v) is 5.50. The first-order chi connectivity index (χ1) is 14.1. The van der Waals surface area contributed by atoms with Crippen LogP contribution in [0.1, 0.15) is 16.1 Å². The maximum absolute atomic E-state index is 11.8. The molecular weight excluding hydrogens is 384 g/mol. The molecule has 0 unspecified atom stereocenters. The van der Waals surface area contributed by atoms with Crippen LogP contribution >= 0.6 is 11.3 Å². The lowest BCUT2D eigenvalue weighted by atomic mass is 10.2. The van der Waals surface area contributed by atoms with E-state index in [2.05, 4.69) is 27.3 Å². The average Bonchev–Trinajstić information content (AvgIpc) is 3.18. The number of carbonyl (C=O) groups excluding carboxylic acids is 1. The van der Waals surface area contributed by atoms with Gasteiger partial charge in [-0.15, -0.1) is 0 Å². The molecule has 29 heavy (non-hydrogen) atoms. The molecule has 7 heteroatoms. The van der Waals surface area contributed by atoms with E-state index in [1.807, 2.05) is 43.4 Å². The number of aromatic nitrogens is 2. The molecule has 1 N–H and O–H groups in total. The Morgan fingerprint density at radius 2 is 1.90 bits per heavy atom. The number of hydrogen-bond acceptors (Lipinski definition) is 6. The molecular formula is C22H20N4O2S. The van der Waals surface area contributed by atoms with Crippen LogP contribution < -0.4 is 15.0 Å². The molecule has 0 spiro atoms. The monoisotopic (exact) mass is 404 g/mol. The van der Waals surface area contributed by atoms with Gasteiger partial charge in [0.25, 0.3) is 5.91 Å². The highest BCUT2D eigenvalue weighted by Crippen LogP contribution is 2.33. The second kappa shape index (κ2) is 8.28. The number of fused-ring (bicyclic) bond motifs is 1. The fourth-order valence-electron chi connectivity index (χ4n) is 2.91. The van der Waals surface area contributed by atoms with E-state index in [1.54, 1.807) is 36.7 Å². The summed E-state index contributed by atoms with van der Waals surface area (Å²) in [6.45, 7) is 0.795. The highest BCUT2D eigenvalue weighted by molar-refractivity contribution is 7.22. The SMILES string of the molecule is CNC(=O)c1cc(Oc2ccc3nc(N(C)Cc4ccccc4)sc3c2)ccn1. The van der Waals surface area contributed by atoms with Gasteiger partial charge in [0.2, 0.25) is 0 Å². The van der Waals surface area contributed by atoms with Crippen molar-refractivity contribution in [1.82, 2.24) is 15.3 Å². The smallest absolute Gasteiger partial charge is 0.269 e. The van der Waals surface area contributed by atoms with Crippen molar-refractivity contribution in [2.24, 2.45) is 0 Å². The van der Waals surface area contributed by atoms with Gasteiger partial charge in [0.05, 0.1) is 10.2 Å². The molecule has 0 fully saturated rings. The average molecular weight is 404 g/mol. The van der Waals surface area contributed by atoms with Gasteiger partial charge in [-0.1, -0.05) is 41.7 Å². The maximum atomic E-state index is 11.8. The van der Waals surface area contributed by atoms with E-state index in [4.69, 9.17) is 9.72 Å². The fraction of sp³-hybridized carbons (Fsp3) is 0.136. The zero-order valence-corrected chi connectivity index (χ0v) is 16.9. The molecule has 0 aliphatic heterocycles. The number of carbonyl (C=O) groups is 1. The Kier molecular flexibility index (Phi) is 5.39. The first-order valence-electron chi connectivity index (χ1n) is 9.14. The molecule has 1 amide bonds. The summed E-state index contributed by atoms with van der Waals surface area (Å²) in [5.74, 6) is 0.996. The highest BCUT2D eigenvalue weighted by Gasteiger charge is 2.11. The lowest BCUT2D eigenvalue weighted by Crippen LogP contribution is -2.18. The van der Waals surface area contributed by atoms with Crippen molar-refractivity contribution in [3.8, 4) is 11.5 Å². The fourth-order valence-corrected chi connectivity index (χ4v) is 3.86. The molecule has 6 nitrogen and oxygen atoms in total. The van der Waals surface area contributed by atoms with Gasteiger partial charge in [-0.05, 0) is 23.8 Å². The molecule has 2 aromatic carbocycles. The lowest BCUT2D eigenvalue weighted by molar-refractivity contribution is 0.0958. The quantitative estimate of drug-likeness (QED) is 0.513. The normalized spacial score (nSPS) is 10.7. The molecule has 0 bridgehead atoms. The number of hydrogen-bond donors (Lipinski definition) is 1. The van der Waals surface area contributed by atoms with Gasteiger partial charge in [0, 0.05) is 39.0 Å². The van der Waals surface area contributed by atoms with E-state index >= 15 is 0 Å². The molecule has 0 atom stereocenters. The van der Waals surface area contributed by atoms with E-state index in [0.717, 1.165) is 21.9 Å². The number of thiazole rings is 1. The Labute approximate surface area is 172 Å². The van der Waals surface area contributed by atoms with Gasteiger partial charge < -0.3 is 15.0 Å². The van der Waals surface area contributed by atoms with Crippen molar-refractivity contribution < 1.29 is 9.53 Å². The van der Waals surface area contributed by atoms with Crippen LogP contribution in [0.5, 0.6) is 11.5 Å². The molecule has 0 aliphatic rings. The minimum Gasteiger partial charge on any atom is -0.457 e. The number of benzene rings is 2. The van der Waals surface area contributed by atoms with Crippen molar-refractivity contribution in [2.45, 2.75) is 6.54 Å². The van der Waals surface area contributed by atoms with Gasteiger partial charge in [-0.25, -0.2) is 4.98 Å². The summed E-state index contributed by atoms with van der Waals surface area (Å²) < 4.78 is 6.97. The van der Waals surface area contributed by atoms with Crippen molar-refractivity contribution in [2.75, 3.05) is 19.0 Å². The van der Waals surface area contributed by atoms with Crippen molar-refractivity contribution in [1.29, 1.82) is 0 Å². The van der Waals surface area contributed by atoms with E-state index in [0.29, 0.717) is 17.2 Å². The van der Waals surface area contributed by atoms with E-state index < -0.39 is 0 Å². The second-order valence-electron chi connectivity index (χ2n) is 6.53. The Morgan fingerprint density at radius 3 is 2.69 bits per heavy atom. The first kappa shape index (κ1) is 18.9. The summed E-state index contributed by atoms with van der Waals surface area (Å²) in [5.41, 5.74) is 2.48. The Hall–Kier alpha value is -3.45. The molecule has 4 aromatic rings. The van der Waals surface area contributed by atoms with Crippen molar-refractivity contribution in [3.05, 3.63) is 78.1 Å². The van der Waals surface area contributed by atoms with Gasteiger partial charge in [-0.3, -0.25) is 9.78 Å². The van der Waals surface area contributed by atoms with Crippen LogP contribution in [0.3, 0.4) is 0 Å². The lowest BCUT2D eigenvalue weighted by Gasteiger charge is -2.15. The van der Waals surface area contributed by atoms with Crippen LogP contribution in [0.25, 0.3) is 10.2 Å². The Morgan fingerprint density at radius 1 is 1.10 bits per heavy atom. The van der Waals surface area contributed by atoms with Gasteiger partial charge in [0.15, 0.2) is 5.13 Å². The number of amides is 1. The molecule has 2 heterocycles. The Bertz CT molecular complexity index is 1140. The number of nitrogens with one attached hydrogen (secondary N) is 1. The van der Waals surface area contributed by atoms with Crippen LogP contribution in [0.15, 0.2) is 66.9 Å². The summed E-state index contributed by atoms with van der Waals surface area (Å²) >= 11 is 1.62. The van der Waals surface area contributed by atoms with Crippen molar-refractivity contribution >= 4 is 32.6 Å². The highest BCUT2D eigenvalue weighted by atomic mass is 32.1. The number of ether oxygens (including phenoxy) is 1. The van der Waals surface area contributed by atoms with Crippen LogP contribution in [-0.4, -0.2) is 30.0 Å². The van der Waals surface area contributed by atoms with Gasteiger partial charge in [0.1, 0.15) is 17.2 Å². The first-order valence-corrected chi connectivity index (χ1v) is 9.95. The summed E-state index contributed by atoms with van der Waals surface area (Å²) in [6.07, 6.45) is 1.56. The van der Waals surface area contributed by atoms with E-state index in [-0.39, 0.29) is 5.91 Å².